The third-order valence-corrected chi connectivity index (χ3v) is 13.2. The third-order valence-electron chi connectivity index (χ3n) is 13.2. The minimum atomic E-state index is -0.660. The summed E-state index contributed by atoms with van der Waals surface area (Å²) < 4.78 is 20.9. The predicted molar refractivity (Wildman–Crippen MR) is 229 cm³/mol. The quantitative estimate of drug-likeness (QED) is 0.360. The highest BCUT2D eigenvalue weighted by molar-refractivity contribution is 5.97. The van der Waals surface area contributed by atoms with Crippen LogP contribution in [0.3, 0.4) is 0 Å². The van der Waals surface area contributed by atoms with Gasteiger partial charge in [0.15, 0.2) is 0 Å². The number of hydrogen-bond donors (Lipinski definition) is 2. The van der Waals surface area contributed by atoms with E-state index in [4.69, 9.17) is 4.74 Å². The summed E-state index contributed by atoms with van der Waals surface area (Å²) in [5.41, 5.74) is 6.73. The van der Waals surface area contributed by atoms with Crippen molar-refractivity contribution in [2.45, 2.75) is 96.2 Å². The van der Waals surface area contributed by atoms with E-state index in [9.17, 15) is 24.0 Å². The van der Waals surface area contributed by atoms with Crippen molar-refractivity contribution in [1.29, 1.82) is 0 Å². The Bertz CT molecular complexity index is 1910. The van der Waals surface area contributed by atoms with Gasteiger partial charge in [0.1, 0.15) is 18.0 Å². The van der Waals surface area contributed by atoms with E-state index in [0.717, 1.165) is 88.8 Å². The van der Waals surface area contributed by atoms with Crippen molar-refractivity contribution in [1.82, 2.24) is 40.3 Å². The van der Waals surface area contributed by atoms with Gasteiger partial charge in [0, 0.05) is 70.5 Å². The van der Waals surface area contributed by atoms with Crippen LogP contribution >= 0.6 is 0 Å². The Balaban J connectivity index is 0.818. The largest absolute Gasteiger partial charge is 0.444 e. The number of nitrogens with one attached hydrogen (secondary N) is 2. The number of carbonyl (C=O) groups excluding carboxylic acids is 5. The zero-order chi connectivity index (χ0) is 43.3. The summed E-state index contributed by atoms with van der Waals surface area (Å²) in [6.45, 7) is 15.0. The normalized spacial score (nSPS) is 22.4. The second kappa shape index (κ2) is 19.2. The van der Waals surface area contributed by atoms with Gasteiger partial charge in [0.25, 0.3) is 11.8 Å². The molecule has 3 saturated heterocycles. The van der Waals surface area contributed by atoms with E-state index >= 15 is 4.39 Å². The molecule has 1 saturated carbocycles. The number of halogens is 1. The molecule has 1 atom stereocenters. The molecular weight excluding hydrogens is 780 g/mol. The zero-order valence-corrected chi connectivity index (χ0v) is 36.6. The lowest BCUT2D eigenvalue weighted by molar-refractivity contribution is -0.135. The number of amides is 5. The van der Waals surface area contributed by atoms with Crippen molar-refractivity contribution in [3.63, 3.8) is 0 Å². The first-order valence-electron chi connectivity index (χ1n) is 22.4. The summed E-state index contributed by atoms with van der Waals surface area (Å²) >= 11 is 0. The number of nitrogens with zero attached hydrogens (tertiary/aromatic N) is 6. The van der Waals surface area contributed by atoms with Crippen LogP contribution in [0.2, 0.25) is 0 Å². The topological polar surface area (TPSA) is 138 Å². The molecule has 4 heterocycles. The fourth-order valence-electron chi connectivity index (χ4n) is 9.68. The van der Waals surface area contributed by atoms with Gasteiger partial charge in [-0.25, -0.2) is 14.6 Å². The Morgan fingerprint density at radius 3 is 2.13 bits per heavy atom. The molecule has 2 N–H and O–H groups in total. The first-order chi connectivity index (χ1) is 29.2. The molecule has 15 heteroatoms. The predicted octanol–water partition coefficient (Wildman–Crippen LogP) is 4.24. The maximum atomic E-state index is 15.1. The van der Waals surface area contributed by atoms with E-state index in [2.05, 4.69) is 20.7 Å². The second-order valence-electron chi connectivity index (χ2n) is 18.9. The molecule has 0 aromatic heterocycles. The lowest BCUT2D eigenvalue weighted by Crippen LogP contribution is -2.56. The first-order valence-corrected chi connectivity index (χ1v) is 22.4. The molecule has 0 spiro atoms. The van der Waals surface area contributed by atoms with Gasteiger partial charge in [-0.3, -0.25) is 39.3 Å². The molecule has 2 aromatic rings. The van der Waals surface area contributed by atoms with Crippen LogP contribution in [0.4, 0.5) is 9.18 Å². The summed E-state index contributed by atoms with van der Waals surface area (Å²) in [5, 5.41) is 0. The van der Waals surface area contributed by atoms with Crippen molar-refractivity contribution in [3.8, 4) is 0 Å². The average Bonchev–Trinajstić information content (AvgIpc) is 3.25. The molecule has 1 unspecified atom stereocenters. The Morgan fingerprint density at radius 1 is 0.803 bits per heavy atom. The zero-order valence-electron chi connectivity index (χ0n) is 36.6. The molecule has 14 nitrogen and oxygen atoms in total. The molecule has 0 bridgehead atoms. The number of piperidine rings is 1. The Labute approximate surface area is 360 Å². The molecule has 5 aliphatic rings. The first kappa shape index (κ1) is 44.5. The summed E-state index contributed by atoms with van der Waals surface area (Å²) in [6, 6.07) is 12.0. The maximum absolute atomic E-state index is 15.1. The average molecular weight is 845 g/mol. The summed E-state index contributed by atoms with van der Waals surface area (Å²) in [4.78, 5) is 77.7. The third kappa shape index (κ3) is 11.1. The molecular formula is C46H65FN8O6. The van der Waals surface area contributed by atoms with Gasteiger partial charge >= 0.3 is 6.09 Å². The maximum Gasteiger partial charge on any atom is 0.411 e. The van der Waals surface area contributed by atoms with Gasteiger partial charge in [-0.05, 0) is 108 Å². The highest BCUT2D eigenvalue weighted by Gasteiger charge is 2.37. The number of ether oxygens (including phenoxy) is 1. The van der Waals surface area contributed by atoms with E-state index in [1.54, 1.807) is 28.0 Å². The number of hydrogen-bond acceptors (Lipinski definition) is 9. The summed E-state index contributed by atoms with van der Waals surface area (Å²) in [6.07, 6.45) is 7.14. The van der Waals surface area contributed by atoms with Crippen molar-refractivity contribution in [2.75, 3.05) is 85.1 Å². The standard InChI is InChI=1S/C46H65FN8O6/c1-45(2,3)61-44(60)55(35-10-6-5-7-11-35)32-41(57)52-22-20-51(21-23-52)30-33-16-18-50(19-17-33)31-40(56)53-24-26-54(27-25-53)43(59)37-28-34(14-15-39(37)47)29-46(4)38-13-9-8-12-36(38)42(58)48-49-46/h8-9,12-15,28,33,35,49H,5-7,10-11,16-27,29-32H2,1-4H3,(H,48,58). The Kier molecular flexibility index (Phi) is 14.0. The van der Waals surface area contributed by atoms with Crippen LogP contribution in [-0.4, -0.2) is 156 Å². The minimum absolute atomic E-state index is 0.00347. The Hall–Kier alpha value is -4.60. The summed E-state index contributed by atoms with van der Waals surface area (Å²) in [7, 11) is 0. The monoisotopic (exact) mass is 845 g/mol. The van der Waals surface area contributed by atoms with Crippen LogP contribution in [-0.2, 0) is 26.3 Å². The van der Waals surface area contributed by atoms with Gasteiger partial charge in [0.2, 0.25) is 11.8 Å². The fraction of sp³-hybridized carbons (Fsp3) is 0.630. The lowest BCUT2D eigenvalue weighted by atomic mass is 9.82. The SMILES string of the molecule is CC(C)(C)OC(=O)N(CC(=O)N1CCN(CC2CCN(CC(=O)N3CCN(C(=O)c4cc(CC5(C)NNC(=O)c6ccccc65)ccc4F)CC3)CC2)CC1)C1CCCCC1. The van der Waals surface area contributed by atoms with Crippen LogP contribution in [0.15, 0.2) is 42.5 Å². The minimum Gasteiger partial charge on any atom is -0.444 e. The fourth-order valence-corrected chi connectivity index (χ4v) is 9.68. The molecule has 7 rings (SSSR count). The number of likely N-dealkylation sites (tertiary alicyclic amines) is 1. The summed E-state index contributed by atoms with van der Waals surface area (Å²) in [5.74, 6) is -0.628. The smallest absolute Gasteiger partial charge is 0.411 e. The van der Waals surface area contributed by atoms with Crippen LogP contribution in [0, 0.1) is 11.7 Å². The number of rotatable bonds is 10. The molecule has 5 amide bonds. The van der Waals surface area contributed by atoms with Gasteiger partial charge in [-0.15, -0.1) is 0 Å². The van der Waals surface area contributed by atoms with E-state index < -0.39 is 29.0 Å². The highest BCUT2D eigenvalue weighted by atomic mass is 19.1. The highest BCUT2D eigenvalue weighted by Crippen LogP contribution is 2.31. The van der Waals surface area contributed by atoms with Gasteiger partial charge in [-0.2, -0.15) is 0 Å². The molecule has 332 valence electrons. The number of hydrazine groups is 1. The van der Waals surface area contributed by atoms with E-state index in [0.29, 0.717) is 63.7 Å². The van der Waals surface area contributed by atoms with Gasteiger partial charge < -0.3 is 19.4 Å². The number of piperazine rings is 2. The second-order valence-corrected chi connectivity index (χ2v) is 18.9. The number of carbonyl (C=O) groups is 5. The van der Waals surface area contributed by atoms with Crippen molar-refractivity contribution < 1.29 is 33.1 Å². The molecule has 0 radical (unpaired) electrons. The van der Waals surface area contributed by atoms with Crippen molar-refractivity contribution in [2.24, 2.45) is 5.92 Å². The Morgan fingerprint density at radius 2 is 1.44 bits per heavy atom. The molecule has 61 heavy (non-hydrogen) atoms. The van der Waals surface area contributed by atoms with Crippen LogP contribution < -0.4 is 10.9 Å². The van der Waals surface area contributed by atoms with Crippen LogP contribution in [0.25, 0.3) is 0 Å². The van der Waals surface area contributed by atoms with Crippen molar-refractivity contribution >= 4 is 29.7 Å². The van der Waals surface area contributed by atoms with E-state index in [1.807, 2.05) is 55.7 Å². The van der Waals surface area contributed by atoms with Crippen LogP contribution in [0.1, 0.15) is 104 Å². The molecule has 4 aliphatic heterocycles. The number of fused-ring (bicyclic) bond motifs is 1. The van der Waals surface area contributed by atoms with E-state index in [-0.39, 0.29) is 35.9 Å². The molecule has 2 aromatic carbocycles. The van der Waals surface area contributed by atoms with Gasteiger partial charge in [0.05, 0.1) is 17.6 Å². The van der Waals surface area contributed by atoms with Crippen LogP contribution in [0.5, 0.6) is 0 Å². The number of benzene rings is 2. The van der Waals surface area contributed by atoms with E-state index in [1.165, 1.54) is 6.07 Å². The van der Waals surface area contributed by atoms with Gasteiger partial charge in [-0.1, -0.05) is 43.5 Å². The molecule has 1 aliphatic carbocycles. The van der Waals surface area contributed by atoms with Crippen molar-refractivity contribution in [3.05, 3.63) is 70.5 Å². The molecule has 4 fully saturated rings. The lowest BCUT2D eigenvalue weighted by Gasteiger charge is -2.40.